The van der Waals surface area contributed by atoms with Gasteiger partial charge in [0, 0.05) is 25.2 Å². The van der Waals surface area contributed by atoms with Crippen LogP contribution < -0.4 is 0 Å². The van der Waals surface area contributed by atoms with Gasteiger partial charge in [-0.1, -0.05) is 40.0 Å². The van der Waals surface area contributed by atoms with Gasteiger partial charge in [0.05, 0.1) is 0 Å². The van der Waals surface area contributed by atoms with E-state index in [9.17, 15) is 9.13 Å². The smallest absolute Gasteiger partial charge is 0.208 e. The summed E-state index contributed by atoms with van der Waals surface area (Å²) < 4.78 is 30.7. The van der Waals surface area contributed by atoms with Crippen molar-refractivity contribution in [2.75, 3.05) is 25.2 Å². The summed E-state index contributed by atoms with van der Waals surface area (Å²) in [5.41, 5.74) is 0. The van der Waals surface area contributed by atoms with Crippen molar-refractivity contribution in [1.29, 1.82) is 0 Å². The Balaban J connectivity index is 4.55. The highest BCUT2D eigenvalue weighted by Crippen LogP contribution is 2.62. The van der Waals surface area contributed by atoms with E-state index < -0.39 is 14.7 Å². The molecule has 0 aromatic carbocycles. The maximum Gasteiger partial charge on any atom is 0.208 e. The lowest BCUT2D eigenvalue weighted by Gasteiger charge is -2.23. The average molecular weight is 296 g/mol. The van der Waals surface area contributed by atoms with Gasteiger partial charge in [0.2, 0.25) is 14.7 Å². The van der Waals surface area contributed by atoms with E-state index >= 15 is 0 Å². The SMILES string of the molecule is CCCCP(C)(=O)OP(=O)(CCCC)CCCC. The van der Waals surface area contributed by atoms with Crippen LogP contribution in [0.5, 0.6) is 0 Å². The number of hydrogen-bond donors (Lipinski definition) is 0. The van der Waals surface area contributed by atoms with Crippen molar-refractivity contribution in [3.63, 3.8) is 0 Å². The van der Waals surface area contributed by atoms with Gasteiger partial charge in [-0.3, -0.25) is 13.4 Å². The van der Waals surface area contributed by atoms with Crippen LogP contribution in [0.1, 0.15) is 59.3 Å². The molecule has 0 spiro atoms. The molecule has 0 heterocycles. The molecule has 0 aliphatic rings. The molecule has 0 amide bonds. The molecule has 0 saturated carbocycles. The molecular formula is C13H30O3P2. The maximum atomic E-state index is 12.7. The van der Waals surface area contributed by atoms with Crippen molar-refractivity contribution in [1.82, 2.24) is 0 Å². The fraction of sp³-hybridized carbons (Fsp3) is 1.00. The van der Waals surface area contributed by atoms with Gasteiger partial charge in [0.1, 0.15) is 0 Å². The molecule has 0 N–H and O–H groups in total. The minimum absolute atomic E-state index is 0.561. The molecule has 0 fully saturated rings. The molecule has 5 heteroatoms. The van der Waals surface area contributed by atoms with E-state index in [0.29, 0.717) is 18.5 Å². The van der Waals surface area contributed by atoms with Crippen molar-refractivity contribution in [2.45, 2.75) is 59.3 Å². The first-order valence-corrected chi connectivity index (χ1v) is 11.5. The minimum atomic E-state index is -2.68. The van der Waals surface area contributed by atoms with Crippen molar-refractivity contribution >= 4 is 14.7 Å². The normalized spacial score (nSPS) is 15.6. The highest BCUT2D eigenvalue weighted by Gasteiger charge is 2.30. The molecule has 18 heavy (non-hydrogen) atoms. The Morgan fingerprint density at radius 1 is 0.778 bits per heavy atom. The topological polar surface area (TPSA) is 43.4 Å². The van der Waals surface area contributed by atoms with Crippen LogP contribution in [-0.4, -0.2) is 25.2 Å². The second-order valence-electron chi connectivity index (χ2n) is 5.14. The van der Waals surface area contributed by atoms with Crippen LogP contribution in [0.25, 0.3) is 0 Å². The predicted molar refractivity (Wildman–Crippen MR) is 81.5 cm³/mol. The van der Waals surface area contributed by atoms with Gasteiger partial charge in [-0.25, -0.2) is 0 Å². The molecule has 1 unspecified atom stereocenters. The van der Waals surface area contributed by atoms with Gasteiger partial charge >= 0.3 is 0 Å². The fourth-order valence-corrected chi connectivity index (χ4v) is 8.00. The predicted octanol–water partition coefficient (Wildman–Crippen LogP) is 5.59. The van der Waals surface area contributed by atoms with Crippen molar-refractivity contribution in [3.8, 4) is 0 Å². The van der Waals surface area contributed by atoms with Crippen LogP contribution in [0.4, 0.5) is 0 Å². The largest absolute Gasteiger partial charge is 0.293 e. The molecular weight excluding hydrogens is 266 g/mol. The quantitative estimate of drug-likeness (QED) is 0.467. The Morgan fingerprint density at radius 3 is 1.56 bits per heavy atom. The number of hydrogen-bond acceptors (Lipinski definition) is 3. The Labute approximate surface area is 113 Å². The third kappa shape index (κ3) is 8.51. The third-order valence-corrected chi connectivity index (χ3v) is 8.64. The molecule has 3 nitrogen and oxygen atoms in total. The highest BCUT2D eigenvalue weighted by atomic mass is 31.2. The second-order valence-corrected chi connectivity index (χ2v) is 10.8. The molecule has 1 atom stereocenters. The van der Waals surface area contributed by atoms with Crippen LogP contribution in [-0.2, 0) is 13.4 Å². The van der Waals surface area contributed by atoms with Crippen molar-refractivity contribution in [3.05, 3.63) is 0 Å². The zero-order chi connectivity index (χ0) is 14.1. The van der Waals surface area contributed by atoms with E-state index in [1.807, 2.05) is 0 Å². The Bertz CT molecular complexity index is 291. The average Bonchev–Trinajstić information content (AvgIpc) is 2.31. The zero-order valence-electron chi connectivity index (χ0n) is 12.5. The number of rotatable bonds is 11. The zero-order valence-corrected chi connectivity index (χ0v) is 14.3. The summed E-state index contributed by atoms with van der Waals surface area (Å²) in [4.78, 5) is 0. The monoisotopic (exact) mass is 296 g/mol. The second kappa shape index (κ2) is 9.34. The lowest BCUT2D eigenvalue weighted by Crippen LogP contribution is -2.01. The molecule has 0 radical (unpaired) electrons. The van der Waals surface area contributed by atoms with E-state index in [1.54, 1.807) is 6.66 Å². The van der Waals surface area contributed by atoms with Crippen molar-refractivity contribution in [2.24, 2.45) is 0 Å². The van der Waals surface area contributed by atoms with Gasteiger partial charge in [-0.2, -0.15) is 0 Å². The first kappa shape index (κ1) is 18.4. The van der Waals surface area contributed by atoms with Gasteiger partial charge in [0.25, 0.3) is 0 Å². The molecule has 0 aliphatic carbocycles. The van der Waals surface area contributed by atoms with Gasteiger partial charge in [-0.15, -0.1) is 0 Å². The van der Waals surface area contributed by atoms with Crippen LogP contribution in [0.2, 0.25) is 0 Å². The van der Waals surface area contributed by atoms with Crippen LogP contribution in [0.3, 0.4) is 0 Å². The third-order valence-electron chi connectivity index (χ3n) is 2.94. The van der Waals surface area contributed by atoms with E-state index in [2.05, 4.69) is 20.8 Å². The molecule has 0 rings (SSSR count). The molecule has 110 valence electrons. The molecule has 0 aromatic heterocycles. The standard InChI is InChI=1S/C13H30O3P2/c1-5-8-11-17(4,14)16-18(15,12-9-6-2)13-10-7-3/h5-13H2,1-4H3. The summed E-state index contributed by atoms with van der Waals surface area (Å²) in [6.07, 6.45) is 7.42. The van der Waals surface area contributed by atoms with Crippen LogP contribution >= 0.6 is 14.7 Å². The fourth-order valence-electron chi connectivity index (χ4n) is 1.79. The van der Waals surface area contributed by atoms with Crippen LogP contribution in [0, 0.1) is 0 Å². The number of unbranched alkanes of at least 4 members (excludes halogenated alkanes) is 3. The highest BCUT2D eigenvalue weighted by molar-refractivity contribution is 7.71. The molecule has 0 aromatic rings. The lowest BCUT2D eigenvalue weighted by atomic mass is 10.4. The Kier molecular flexibility index (Phi) is 9.56. The van der Waals surface area contributed by atoms with Gasteiger partial charge in [-0.05, 0) is 19.3 Å². The summed E-state index contributed by atoms with van der Waals surface area (Å²) in [6, 6.07) is 0. The van der Waals surface area contributed by atoms with Crippen LogP contribution in [0.15, 0.2) is 0 Å². The Hall–Kier alpha value is 0.420. The van der Waals surface area contributed by atoms with Crippen molar-refractivity contribution < 1.29 is 13.4 Å². The maximum absolute atomic E-state index is 12.7. The van der Waals surface area contributed by atoms with E-state index in [-0.39, 0.29) is 0 Å². The van der Waals surface area contributed by atoms with E-state index in [0.717, 1.165) is 38.5 Å². The van der Waals surface area contributed by atoms with E-state index in [4.69, 9.17) is 4.31 Å². The first-order valence-electron chi connectivity index (χ1n) is 7.25. The first-order chi connectivity index (χ1) is 8.39. The summed E-state index contributed by atoms with van der Waals surface area (Å²) in [6.45, 7) is 7.86. The summed E-state index contributed by atoms with van der Waals surface area (Å²) in [5, 5.41) is 0. The van der Waals surface area contributed by atoms with E-state index in [1.165, 1.54) is 0 Å². The summed E-state index contributed by atoms with van der Waals surface area (Å²) >= 11 is 0. The van der Waals surface area contributed by atoms with Gasteiger partial charge < -0.3 is 0 Å². The molecule has 0 bridgehead atoms. The molecule has 0 aliphatic heterocycles. The lowest BCUT2D eigenvalue weighted by molar-refractivity contribution is 0.455. The molecule has 0 saturated heterocycles. The minimum Gasteiger partial charge on any atom is -0.293 e. The summed E-state index contributed by atoms with van der Waals surface area (Å²) in [5.74, 6) is 0. The summed E-state index contributed by atoms with van der Waals surface area (Å²) in [7, 11) is -5.35. The Morgan fingerprint density at radius 2 is 1.17 bits per heavy atom. The van der Waals surface area contributed by atoms with Gasteiger partial charge in [0.15, 0.2) is 0 Å².